The second-order valence-electron chi connectivity index (χ2n) is 5.00. The van der Waals surface area contributed by atoms with Crippen LogP contribution in [0.3, 0.4) is 0 Å². The monoisotopic (exact) mass is 273 g/mol. The van der Waals surface area contributed by atoms with E-state index in [0.29, 0.717) is 11.4 Å². The predicted molar refractivity (Wildman–Crippen MR) is 80.4 cm³/mol. The molecule has 1 aromatic carbocycles. The molecule has 0 amide bonds. The van der Waals surface area contributed by atoms with Crippen molar-refractivity contribution in [3.8, 4) is 11.4 Å². The van der Waals surface area contributed by atoms with Crippen LogP contribution >= 0.6 is 0 Å². The topological polar surface area (TPSA) is 37.8 Å². The van der Waals surface area contributed by atoms with Gasteiger partial charge in [0, 0.05) is 23.4 Å². The van der Waals surface area contributed by atoms with Crippen molar-refractivity contribution in [1.29, 1.82) is 0 Å². The van der Waals surface area contributed by atoms with Crippen LogP contribution in [-0.2, 0) is 0 Å². The first kappa shape index (κ1) is 14.4. The molecule has 2 rings (SSSR count). The van der Waals surface area contributed by atoms with E-state index in [-0.39, 0.29) is 5.82 Å². The summed E-state index contributed by atoms with van der Waals surface area (Å²) in [5, 5.41) is 3.31. The molecule has 0 saturated carbocycles. The first-order valence-electron chi connectivity index (χ1n) is 6.88. The lowest BCUT2D eigenvalue weighted by Gasteiger charge is -2.12. The Hall–Kier alpha value is -1.97. The van der Waals surface area contributed by atoms with Crippen molar-refractivity contribution in [2.75, 3.05) is 11.9 Å². The van der Waals surface area contributed by atoms with E-state index < -0.39 is 0 Å². The minimum absolute atomic E-state index is 0.207. The number of halogens is 1. The maximum absolute atomic E-state index is 13.4. The quantitative estimate of drug-likeness (QED) is 0.914. The highest BCUT2D eigenvalue weighted by molar-refractivity contribution is 5.60. The van der Waals surface area contributed by atoms with Gasteiger partial charge in [-0.25, -0.2) is 14.4 Å². The minimum atomic E-state index is -0.207. The van der Waals surface area contributed by atoms with Gasteiger partial charge >= 0.3 is 0 Å². The molecule has 0 atom stereocenters. The molecule has 0 radical (unpaired) electrons. The third-order valence-corrected chi connectivity index (χ3v) is 3.35. The van der Waals surface area contributed by atoms with Crippen molar-refractivity contribution >= 4 is 5.82 Å². The van der Waals surface area contributed by atoms with Crippen LogP contribution in [0.5, 0.6) is 0 Å². The zero-order chi connectivity index (χ0) is 14.7. The summed E-state index contributed by atoms with van der Waals surface area (Å²) in [5.41, 5.74) is 3.44. The Bertz CT molecular complexity index is 623. The number of aromatic nitrogens is 2. The number of rotatable bonds is 4. The van der Waals surface area contributed by atoms with Crippen LogP contribution in [0.4, 0.5) is 10.2 Å². The van der Waals surface area contributed by atoms with Gasteiger partial charge in [-0.15, -0.1) is 0 Å². The summed E-state index contributed by atoms with van der Waals surface area (Å²) in [4.78, 5) is 9.08. The summed E-state index contributed by atoms with van der Waals surface area (Å²) in [6.07, 6.45) is 1.04. The molecule has 1 aromatic heterocycles. The fraction of sp³-hybridized carbons (Fsp3) is 0.375. The van der Waals surface area contributed by atoms with Gasteiger partial charge in [-0.2, -0.15) is 0 Å². The normalized spacial score (nSPS) is 10.7. The number of nitrogens with one attached hydrogen (secondary N) is 1. The zero-order valence-electron chi connectivity index (χ0n) is 12.4. The Morgan fingerprint density at radius 2 is 1.90 bits per heavy atom. The van der Waals surface area contributed by atoms with E-state index in [0.717, 1.165) is 35.6 Å². The lowest BCUT2D eigenvalue weighted by Crippen LogP contribution is -2.07. The van der Waals surface area contributed by atoms with Crippen molar-refractivity contribution in [3.63, 3.8) is 0 Å². The van der Waals surface area contributed by atoms with Crippen molar-refractivity contribution in [2.24, 2.45) is 0 Å². The van der Waals surface area contributed by atoms with Gasteiger partial charge < -0.3 is 5.32 Å². The molecule has 20 heavy (non-hydrogen) atoms. The molecule has 0 unspecified atom stereocenters. The molecule has 4 heteroatoms. The smallest absolute Gasteiger partial charge is 0.161 e. The second-order valence-corrected chi connectivity index (χ2v) is 5.00. The number of nitrogens with zero attached hydrogens (tertiary/aromatic N) is 2. The fourth-order valence-corrected chi connectivity index (χ4v) is 1.96. The van der Waals surface area contributed by atoms with E-state index in [1.54, 1.807) is 19.1 Å². The largest absolute Gasteiger partial charge is 0.370 e. The molecule has 0 aliphatic carbocycles. The predicted octanol–water partition coefficient (Wildman–Crippen LogP) is 4.03. The number of hydrogen-bond acceptors (Lipinski definition) is 3. The van der Waals surface area contributed by atoms with Crippen LogP contribution < -0.4 is 5.32 Å². The molecule has 1 heterocycles. The highest BCUT2D eigenvalue weighted by atomic mass is 19.1. The molecule has 0 saturated heterocycles. The molecular formula is C16H20FN3. The lowest BCUT2D eigenvalue weighted by molar-refractivity contribution is 0.618. The Morgan fingerprint density at radius 1 is 1.15 bits per heavy atom. The van der Waals surface area contributed by atoms with Gasteiger partial charge in [0.05, 0.1) is 0 Å². The van der Waals surface area contributed by atoms with E-state index >= 15 is 0 Å². The van der Waals surface area contributed by atoms with Crippen molar-refractivity contribution in [1.82, 2.24) is 9.97 Å². The molecule has 0 spiro atoms. The molecular weight excluding hydrogens is 253 g/mol. The molecule has 0 aliphatic rings. The van der Waals surface area contributed by atoms with E-state index in [9.17, 15) is 4.39 Å². The first-order chi connectivity index (χ1) is 9.52. The first-order valence-corrected chi connectivity index (χ1v) is 6.88. The average molecular weight is 273 g/mol. The molecule has 106 valence electrons. The van der Waals surface area contributed by atoms with E-state index in [1.807, 2.05) is 13.8 Å². The summed E-state index contributed by atoms with van der Waals surface area (Å²) in [7, 11) is 0. The SMILES string of the molecule is CCCNc1nc(-c2ccc(F)c(C)c2)nc(C)c1C. The summed E-state index contributed by atoms with van der Waals surface area (Å²) < 4.78 is 13.4. The maximum atomic E-state index is 13.4. The summed E-state index contributed by atoms with van der Waals surface area (Å²) in [6.45, 7) is 8.71. The van der Waals surface area contributed by atoms with Crippen LogP contribution in [-0.4, -0.2) is 16.5 Å². The standard InChI is InChI=1S/C16H20FN3/c1-5-8-18-15-11(3)12(4)19-16(20-15)13-6-7-14(17)10(2)9-13/h6-7,9H,5,8H2,1-4H3,(H,18,19,20). The minimum Gasteiger partial charge on any atom is -0.370 e. The average Bonchev–Trinajstić information content (AvgIpc) is 2.43. The number of anilines is 1. The molecule has 3 nitrogen and oxygen atoms in total. The summed E-state index contributed by atoms with van der Waals surface area (Å²) in [6, 6.07) is 4.96. The Morgan fingerprint density at radius 3 is 2.55 bits per heavy atom. The van der Waals surface area contributed by atoms with Crippen molar-refractivity contribution in [3.05, 3.63) is 40.8 Å². The van der Waals surface area contributed by atoms with Gasteiger partial charge in [-0.1, -0.05) is 6.92 Å². The van der Waals surface area contributed by atoms with Gasteiger partial charge in [-0.05, 0) is 51.0 Å². The third kappa shape index (κ3) is 2.95. The lowest BCUT2D eigenvalue weighted by atomic mass is 10.1. The van der Waals surface area contributed by atoms with E-state index in [4.69, 9.17) is 0 Å². The fourth-order valence-electron chi connectivity index (χ4n) is 1.96. The Kier molecular flexibility index (Phi) is 4.32. The second kappa shape index (κ2) is 5.99. The highest BCUT2D eigenvalue weighted by Gasteiger charge is 2.10. The Balaban J connectivity index is 2.45. The van der Waals surface area contributed by atoms with E-state index in [2.05, 4.69) is 22.2 Å². The molecule has 1 N–H and O–H groups in total. The Labute approximate surface area is 119 Å². The van der Waals surface area contributed by atoms with Gasteiger partial charge in [0.25, 0.3) is 0 Å². The van der Waals surface area contributed by atoms with Crippen molar-refractivity contribution < 1.29 is 4.39 Å². The molecule has 0 bridgehead atoms. The third-order valence-electron chi connectivity index (χ3n) is 3.35. The van der Waals surface area contributed by atoms with Crippen molar-refractivity contribution in [2.45, 2.75) is 34.1 Å². The van der Waals surface area contributed by atoms with Gasteiger partial charge in [0.15, 0.2) is 5.82 Å². The molecule has 0 aliphatic heterocycles. The number of benzene rings is 1. The number of aryl methyl sites for hydroxylation is 2. The van der Waals surface area contributed by atoms with Crippen LogP contribution in [0, 0.1) is 26.6 Å². The van der Waals surface area contributed by atoms with Crippen LogP contribution in [0.25, 0.3) is 11.4 Å². The van der Waals surface area contributed by atoms with Crippen LogP contribution in [0.15, 0.2) is 18.2 Å². The van der Waals surface area contributed by atoms with Gasteiger partial charge in [-0.3, -0.25) is 0 Å². The number of hydrogen-bond donors (Lipinski definition) is 1. The van der Waals surface area contributed by atoms with Gasteiger partial charge in [0.2, 0.25) is 0 Å². The summed E-state index contributed by atoms with van der Waals surface area (Å²) >= 11 is 0. The summed E-state index contributed by atoms with van der Waals surface area (Å²) in [5.74, 6) is 1.29. The van der Waals surface area contributed by atoms with Gasteiger partial charge in [0.1, 0.15) is 11.6 Å². The zero-order valence-corrected chi connectivity index (χ0v) is 12.4. The molecule has 2 aromatic rings. The van der Waals surface area contributed by atoms with Crippen LogP contribution in [0.2, 0.25) is 0 Å². The van der Waals surface area contributed by atoms with E-state index in [1.165, 1.54) is 6.07 Å². The highest BCUT2D eigenvalue weighted by Crippen LogP contribution is 2.23. The maximum Gasteiger partial charge on any atom is 0.161 e. The van der Waals surface area contributed by atoms with Crippen LogP contribution in [0.1, 0.15) is 30.2 Å². The molecule has 0 fully saturated rings.